The van der Waals surface area contributed by atoms with Gasteiger partial charge in [-0.2, -0.15) is 0 Å². The van der Waals surface area contributed by atoms with Crippen LogP contribution in [0.3, 0.4) is 0 Å². The minimum absolute atomic E-state index is 0.0870. The molecular weight excluding hydrogens is 344 g/mol. The molecule has 5 nitrogen and oxygen atoms in total. The van der Waals surface area contributed by atoms with Crippen LogP contribution in [0, 0.1) is 6.92 Å². The molecule has 0 N–H and O–H groups in total. The summed E-state index contributed by atoms with van der Waals surface area (Å²) in [5.41, 5.74) is 2.77. The standard InChI is InChI=1S/C20H20N4OS/c1-13-18(25)14-7-8-17(23-11-9-22(2)10-12-23)21-19(14)24-15-5-3-4-6-16(15)26-20(13)24/h3-8H,9-12H2,1-2H3. The van der Waals surface area contributed by atoms with Crippen molar-refractivity contribution in [1.29, 1.82) is 0 Å². The fourth-order valence-electron chi connectivity index (χ4n) is 3.74. The molecule has 0 amide bonds. The summed E-state index contributed by atoms with van der Waals surface area (Å²) in [6.45, 7) is 5.90. The zero-order chi connectivity index (χ0) is 17.8. The summed E-state index contributed by atoms with van der Waals surface area (Å²) >= 11 is 1.66. The molecule has 4 heterocycles. The summed E-state index contributed by atoms with van der Waals surface area (Å²) in [6.07, 6.45) is 0. The van der Waals surface area contributed by atoms with Gasteiger partial charge < -0.3 is 9.80 Å². The van der Waals surface area contributed by atoms with Crippen molar-refractivity contribution < 1.29 is 0 Å². The van der Waals surface area contributed by atoms with Crippen LogP contribution in [0.5, 0.6) is 0 Å². The molecule has 4 aromatic rings. The molecule has 0 atom stereocenters. The molecule has 1 aromatic carbocycles. The number of aromatic nitrogens is 2. The Labute approximate surface area is 155 Å². The topological polar surface area (TPSA) is 40.9 Å². The minimum Gasteiger partial charge on any atom is -0.354 e. The van der Waals surface area contributed by atoms with Gasteiger partial charge in [-0.05, 0) is 38.2 Å². The first-order valence-corrected chi connectivity index (χ1v) is 9.72. The Hall–Kier alpha value is -2.44. The number of aryl methyl sites for hydroxylation is 1. The zero-order valence-corrected chi connectivity index (χ0v) is 15.7. The van der Waals surface area contributed by atoms with Crippen molar-refractivity contribution >= 4 is 43.2 Å². The number of thiazole rings is 1. The highest BCUT2D eigenvalue weighted by Crippen LogP contribution is 2.30. The van der Waals surface area contributed by atoms with E-state index in [0.717, 1.165) is 53.6 Å². The zero-order valence-electron chi connectivity index (χ0n) is 14.9. The van der Waals surface area contributed by atoms with Crippen LogP contribution in [-0.2, 0) is 0 Å². The van der Waals surface area contributed by atoms with Crippen molar-refractivity contribution in [2.45, 2.75) is 6.92 Å². The van der Waals surface area contributed by atoms with Gasteiger partial charge in [0.25, 0.3) is 0 Å². The second-order valence-corrected chi connectivity index (χ2v) is 8.03. The molecule has 0 spiro atoms. The molecule has 26 heavy (non-hydrogen) atoms. The molecule has 6 heteroatoms. The average Bonchev–Trinajstić information content (AvgIpc) is 3.06. The van der Waals surface area contributed by atoms with Crippen LogP contribution >= 0.6 is 11.3 Å². The Morgan fingerprint density at radius 1 is 1.04 bits per heavy atom. The molecule has 1 aliphatic heterocycles. The number of piperazine rings is 1. The number of para-hydroxylation sites is 1. The van der Waals surface area contributed by atoms with Gasteiger partial charge in [0.1, 0.15) is 10.6 Å². The summed E-state index contributed by atoms with van der Waals surface area (Å²) in [4.78, 5) is 23.5. The Kier molecular flexibility index (Phi) is 3.52. The lowest BCUT2D eigenvalue weighted by Gasteiger charge is -2.33. The number of pyridine rings is 2. The third-order valence-corrected chi connectivity index (χ3v) is 6.57. The Morgan fingerprint density at radius 3 is 2.62 bits per heavy atom. The number of hydrogen-bond donors (Lipinski definition) is 0. The van der Waals surface area contributed by atoms with E-state index in [1.165, 1.54) is 4.70 Å². The molecule has 5 rings (SSSR count). The first-order valence-electron chi connectivity index (χ1n) is 8.90. The number of anilines is 1. The van der Waals surface area contributed by atoms with Gasteiger partial charge in [0.15, 0.2) is 11.1 Å². The van der Waals surface area contributed by atoms with Gasteiger partial charge in [-0.25, -0.2) is 4.98 Å². The van der Waals surface area contributed by atoms with Crippen molar-refractivity contribution in [2.75, 3.05) is 38.1 Å². The maximum absolute atomic E-state index is 12.9. The van der Waals surface area contributed by atoms with Crippen LogP contribution in [0.25, 0.3) is 26.1 Å². The van der Waals surface area contributed by atoms with Crippen molar-refractivity contribution in [3.05, 3.63) is 52.2 Å². The fourth-order valence-corrected chi connectivity index (χ4v) is 4.88. The summed E-state index contributed by atoms with van der Waals surface area (Å²) in [5.74, 6) is 0.956. The second kappa shape index (κ2) is 5.79. The third kappa shape index (κ3) is 2.26. The highest BCUT2D eigenvalue weighted by Gasteiger charge is 2.19. The predicted octanol–water partition coefficient (Wildman–Crippen LogP) is 3.12. The molecule has 132 valence electrons. The number of hydrogen-bond acceptors (Lipinski definition) is 5. The fraction of sp³-hybridized carbons (Fsp3) is 0.300. The molecular formula is C20H20N4OS. The van der Waals surface area contributed by atoms with Crippen molar-refractivity contribution in [2.24, 2.45) is 0 Å². The van der Waals surface area contributed by atoms with Gasteiger partial charge >= 0.3 is 0 Å². The summed E-state index contributed by atoms with van der Waals surface area (Å²) < 4.78 is 3.33. The lowest BCUT2D eigenvalue weighted by atomic mass is 10.2. The molecule has 0 aliphatic carbocycles. The van der Waals surface area contributed by atoms with Crippen LogP contribution < -0.4 is 10.3 Å². The van der Waals surface area contributed by atoms with E-state index in [-0.39, 0.29) is 5.43 Å². The maximum atomic E-state index is 12.9. The molecule has 1 aliphatic rings. The Balaban J connectivity index is 1.82. The quantitative estimate of drug-likeness (QED) is 0.520. The number of rotatable bonds is 1. The molecule has 3 aromatic heterocycles. The van der Waals surface area contributed by atoms with Crippen LogP contribution in [0.15, 0.2) is 41.2 Å². The van der Waals surface area contributed by atoms with Gasteiger partial charge in [-0.1, -0.05) is 12.1 Å². The molecule has 1 saturated heterocycles. The molecule has 0 radical (unpaired) electrons. The maximum Gasteiger partial charge on any atom is 0.195 e. The van der Waals surface area contributed by atoms with Crippen molar-refractivity contribution in [3.63, 3.8) is 0 Å². The number of likely N-dealkylation sites (N-methyl/N-ethyl adjacent to an activating group) is 1. The van der Waals surface area contributed by atoms with E-state index in [9.17, 15) is 4.79 Å². The molecule has 1 fully saturated rings. The van der Waals surface area contributed by atoms with Gasteiger partial charge in [0.2, 0.25) is 0 Å². The Morgan fingerprint density at radius 2 is 1.81 bits per heavy atom. The third-order valence-electron chi connectivity index (χ3n) is 5.32. The monoisotopic (exact) mass is 364 g/mol. The van der Waals surface area contributed by atoms with Crippen LogP contribution in [0.1, 0.15) is 5.56 Å². The summed E-state index contributed by atoms with van der Waals surface area (Å²) in [7, 11) is 2.15. The lowest BCUT2D eigenvalue weighted by Crippen LogP contribution is -2.44. The number of fused-ring (bicyclic) bond motifs is 5. The van der Waals surface area contributed by atoms with E-state index < -0.39 is 0 Å². The number of benzene rings is 1. The van der Waals surface area contributed by atoms with E-state index in [1.54, 1.807) is 11.3 Å². The van der Waals surface area contributed by atoms with Crippen LogP contribution in [-0.4, -0.2) is 47.5 Å². The highest BCUT2D eigenvalue weighted by molar-refractivity contribution is 7.24. The normalized spacial score (nSPS) is 16.2. The SMILES string of the molecule is Cc1c(=O)c2ccc(N3CCN(C)CC3)nc2n2c1sc1ccccc12. The van der Waals surface area contributed by atoms with E-state index in [1.807, 2.05) is 31.2 Å². The van der Waals surface area contributed by atoms with E-state index >= 15 is 0 Å². The predicted molar refractivity (Wildman–Crippen MR) is 109 cm³/mol. The molecule has 0 bridgehead atoms. The number of nitrogens with zero attached hydrogens (tertiary/aromatic N) is 4. The summed E-state index contributed by atoms with van der Waals surface area (Å²) in [5, 5.41) is 0.696. The highest BCUT2D eigenvalue weighted by atomic mass is 32.1. The minimum atomic E-state index is 0.0870. The van der Waals surface area contributed by atoms with Gasteiger partial charge in [-0.15, -0.1) is 11.3 Å². The van der Waals surface area contributed by atoms with Crippen LogP contribution in [0.2, 0.25) is 0 Å². The second-order valence-electron chi connectivity index (χ2n) is 7.00. The van der Waals surface area contributed by atoms with Gasteiger partial charge in [0.05, 0.1) is 15.6 Å². The van der Waals surface area contributed by atoms with Gasteiger partial charge in [0, 0.05) is 31.7 Å². The van der Waals surface area contributed by atoms with Crippen molar-refractivity contribution in [1.82, 2.24) is 14.3 Å². The van der Waals surface area contributed by atoms with E-state index in [4.69, 9.17) is 4.98 Å². The summed E-state index contributed by atoms with van der Waals surface area (Å²) in [6, 6.07) is 12.2. The van der Waals surface area contributed by atoms with Crippen molar-refractivity contribution in [3.8, 4) is 0 Å². The first kappa shape index (κ1) is 15.8. The first-order chi connectivity index (χ1) is 12.6. The lowest BCUT2D eigenvalue weighted by molar-refractivity contribution is 0.312. The van der Waals surface area contributed by atoms with E-state index in [2.05, 4.69) is 33.4 Å². The average molecular weight is 364 g/mol. The largest absolute Gasteiger partial charge is 0.354 e. The smallest absolute Gasteiger partial charge is 0.195 e. The molecule has 0 unspecified atom stereocenters. The van der Waals surface area contributed by atoms with Crippen LogP contribution in [0.4, 0.5) is 5.82 Å². The molecule has 0 saturated carbocycles. The van der Waals surface area contributed by atoms with E-state index in [0.29, 0.717) is 5.39 Å². The van der Waals surface area contributed by atoms with Gasteiger partial charge in [-0.3, -0.25) is 9.20 Å². The Bertz CT molecular complexity index is 1200.